The molecule has 2 aromatic carbocycles. The second-order valence-electron chi connectivity index (χ2n) is 4.44. The lowest BCUT2D eigenvalue weighted by Crippen LogP contribution is -1.92. The van der Waals surface area contributed by atoms with E-state index < -0.39 is 0 Å². The zero-order chi connectivity index (χ0) is 14.7. The molecule has 1 N–H and O–H groups in total. The first-order valence-electron chi connectivity index (χ1n) is 6.51. The summed E-state index contributed by atoms with van der Waals surface area (Å²) >= 11 is 0. The van der Waals surface area contributed by atoms with Crippen LogP contribution in [-0.2, 0) is 0 Å². The van der Waals surface area contributed by atoms with Crippen LogP contribution in [0.4, 0.5) is 5.95 Å². The van der Waals surface area contributed by atoms with Crippen molar-refractivity contribution in [3.63, 3.8) is 0 Å². The van der Waals surface area contributed by atoms with Crippen molar-refractivity contribution in [2.24, 2.45) is 4.99 Å². The summed E-state index contributed by atoms with van der Waals surface area (Å²) in [4.78, 5) is 11.9. The largest absolute Gasteiger partial charge is 0.497 e. The Labute approximate surface area is 122 Å². The third kappa shape index (κ3) is 2.72. The van der Waals surface area contributed by atoms with Crippen LogP contribution in [0.25, 0.3) is 11.0 Å². The SMILES string of the molecule is COc1ccc(OC)c(/C=N/c2nc3ccccc3[nH]2)c1. The number of nitrogens with zero attached hydrogens (tertiary/aromatic N) is 2. The summed E-state index contributed by atoms with van der Waals surface area (Å²) in [6.45, 7) is 0. The van der Waals surface area contributed by atoms with Gasteiger partial charge in [0, 0.05) is 11.8 Å². The molecule has 0 radical (unpaired) electrons. The number of imidazole rings is 1. The van der Waals surface area contributed by atoms with Crippen LogP contribution in [-0.4, -0.2) is 30.4 Å². The first kappa shape index (κ1) is 13.2. The van der Waals surface area contributed by atoms with Gasteiger partial charge in [-0.25, -0.2) is 9.98 Å². The fourth-order valence-electron chi connectivity index (χ4n) is 2.07. The van der Waals surface area contributed by atoms with E-state index in [1.165, 1.54) is 0 Å². The van der Waals surface area contributed by atoms with Crippen LogP contribution in [0, 0.1) is 0 Å². The highest BCUT2D eigenvalue weighted by Gasteiger charge is 2.04. The Morgan fingerprint density at radius 1 is 1.10 bits per heavy atom. The molecule has 0 unspecified atom stereocenters. The van der Waals surface area contributed by atoms with Gasteiger partial charge in [-0.2, -0.15) is 0 Å². The molecule has 1 aromatic heterocycles. The van der Waals surface area contributed by atoms with Crippen molar-refractivity contribution in [1.82, 2.24) is 9.97 Å². The number of aromatic nitrogens is 2. The molecule has 1 heterocycles. The zero-order valence-electron chi connectivity index (χ0n) is 11.8. The van der Waals surface area contributed by atoms with Crippen molar-refractivity contribution < 1.29 is 9.47 Å². The molecular weight excluding hydrogens is 266 g/mol. The Kier molecular flexibility index (Phi) is 3.55. The summed E-state index contributed by atoms with van der Waals surface area (Å²) in [6, 6.07) is 13.4. The highest BCUT2D eigenvalue weighted by molar-refractivity contribution is 5.86. The zero-order valence-corrected chi connectivity index (χ0v) is 11.8. The number of methoxy groups -OCH3 is 2. The lowest BCUT2D eigenvalue weighted by Gasteiger charge is -2.06. The summed E-state index contributed by atoms with van der Waals surface area (Å²) in [6.07, 6.45) is 1.71. The number of aliphatic imine (C=N–C) groups is 1. The molecule has 106 valence electrons. The van der Waals surface area contributed by atoms with Gasteiger partial charge in [0.1, 0.15) is 11.5 Å². The normalized spacial score (nSPS) is 11.1. The number of hydrogen-bond acceptors (Lipinski definition) is 4. The van der Waals surface area contributed by atoms with Crippen LogP contribution in [0.3, 0.4) is 0 Å². The van der Waals surface area contributed by atoms with Gasteiger partial charge in [-0.05, 0) is 30.3 Å². The van der Waals surface area contributed by atoms with E-state index in [4.69, 9.17) is 9.47 Å². The maximum absolute atomic E-state index is 5.31. The van der Waals surface area contributed by atoms with E-state index in [1.807, 2.05) is 42.5 Å². The van der Waals surface area contributed by atoms with Crippen molar-refractivity contribution in [2.75, 3.05) is 14.2 Å². The van der Waals surface area contributed by atoms with Crippen molar-refractivity contribution in [3.8, 4) is 11.5 Å². The Hall–Kier alpha value is -2.82. The van der Waals surface area contributed by atoms with E-state index in [-0.39, 0.29) is 0 Å². The Bertz CT molecular complexity index is 760. The third-order valence-corrected chi connectivity index (χ3v) is 3.14. The monoisotopic (exact) mass is 281 g/mol. The van der Waals surface area contributed by atoms with Gasteiger partial charge in [-0.15, -0.1) is 0 Å². The minimum Gasteiger partial charge on any atom is -0.497 e. The summed E-state index contributed by atoms with van der Waals surface area (Å²) in [5.41, 5.74) is 2.68. The number of aromatic amines is 1. The predicted molar refractivity (Wildman–Crippen MR) is 82.9 cm³/mol. The standard InChI is InChI=1S/C16H15N3O2/c1-20-12-7-8-15(21-2)11(9-12)10-17-16-18-13-5-3-4-6-14(13)19-16/h3-10H,1-2H3,(H,18,19)/b17-10+. The summed E-state index contributed by atoms with van der Waals surface area (Å²) < 4.78 is 10.5. The van der Waals surface area contributed by atoms with Gasteiger partial charge < -0.3 is 14.5 Å². The molecule has 0 saturated carbocycles. The van der Waals surface area contributed by atoms with Crippen LogP contribution in [0.5, 0.6) is 11.5 Å². The van der Waals surface area contributed by atoms with E-state index in [9.17, 15) is 0 Å². The van der Waals surface area contributed by atoms with Gasteiger partial charge in [0.25, 0.3) is 0 Å². The van der Waals surface area contributed by atoms with Gasteiger partial charge >= 0.3 is 0 Å². The molecule has 5 nitrogen and oxygen atoms in total. The van der Waals surface area contributed by atoms with Crippen LogP contribution in [0.2, 0.25) is 0 Å². The van der Waals surface area contributed by atoms with Gasteiger partial charge in [-0.3, -0.25) is 0 Å². The number of rotatable bonds is 4. The molecule has 0 fully saturated rings. The first-order chi connectivity index (χ1) is 10.3. The Balaban J connectivity index is 1.94. The van der Waals surface area contributed by atoms with E-state index in [1.54, 1.807) is 20.4 Å². The molecule has 0 aliphatic rings. The molecule has 0 amide bonds. The third-order valence-electron chi connectivity index (χ3n) is 3.14. The number of para-hydroxylation sites is 2. The first-order valence-corrected chi connectivity index (χ1v) is 6.51. The van der Waals surface area contributed by atoms with Gasteiger partial charge in [0.2, 0.25) is 5.95 Å². The molecule has 3 aromatic rings. The fraction of sp³-hybridized carbons (Fsp3) is 0.125. The number of fused-ring (bicyclic) bond motifs is 1. The van der Waals surface area contributed by atoms with Gasteiger partial charge in [0.15, 0.2) is 0 Å². The fourth-order valence-corrected chi connectivity index (χ4v) is 2.07. The van der Waals surface area contributed by atoms with Crippen molar-refractivity contribution >= 4 is 23.2 Å². The van der Waals surface area contributed by atoms with Crippen LogP contribution >= 0.6 is 0 Å². The predicted octanol–water partition coefficient (Wildman–Crippen LogP) is 3.33. The average Bonchev–Trinajstić information content (AvgIpc) is 2.95. The van der Waals surface area contributed by atoms with Crippen molar-refractivity contribution in [3.05, 3.63) is 48.0 Å². The second-order valence-corrected chi connectivity index (χ2v) is 4.44. The van der Waals surface area contributed by atoms with Gasteiger partial charge in [0.05, 0.1) is 25.3 Å². The number of H-pyrrole nitrogens is 1. The molecule has 0 bridgehead atoms. The van der Waals surface area contributed by atoms with E-state index >= 15 is 0 Å². The van der Waals surface area contributed by atoms with E-state index in [0.717, 1.165) is 28.1 Å². The Morgan fingerprint density at radius 3 is 2.71 bits per heavy atom. The summed E-state index contributed by atoms with van der Waals surface area (Å²) in [5.74, 6) is 2.04. The minimum atomic E-state index is 0.557. The van der Waals surface area contributed by atoms with E-state index in [0.29, 0.717) is 5.95 Å². The lowest BCUT2D eigenvalue weighted by atomic mass is 10.2. The molecular formula is C16H15N3O2. The highest BCUT2D eigenvalue weighted by Crippen LogP contribution is 2.23. The number of hydrogen-bond donors (Lipinski definition) is 1. The number of nitrogens with one attached hydrogen (secondary N) is 1. The number of ether oxygens (including phenoxy) is 2. The van der Waals surface area contributed by atoms with Gasteiger partial charge in [-0.1, -0.05) is 12.1 Å². The van der Waals surface area contributed by atoms with Crippen LogP contribution < -0.4 is 9.47 Å². The molecule has 5 heteroatoms. The molecule has 0 atom stereocenters. The maximum atomic E-state index is 5.31. The summed E-state index contributed by atoms with van der Waals surface area (Å²) in [5, 5.41) is 0. The molecule has 0 aliphatic carbocycles. The quantitative estimate of drug-likeness (QED) is 0.746. The van der Waals surface area contributed by atoms with Crippen LogP contribution in [0.1, 0.15) is 5.56 Å². The molecule has 0 saturated heterocycles. The number of benzene rings is 2. The highest BCUT2D eigenvalue weighted by atomic mass is 16.5. The lowest BCUT2D eigenvalue weighted by molar-refractivity contribution is 0.402. The average molecular weight is 281 g/mol. The topological polar surface area (TPSA) is 59.5 Å². The molecule has 3 rings (SSSR count). The molecule has 0 spiro atoms. The smallest absolute Gasteiger partial charge is 0.227 e. The second kappa shape index (κ2) is 5.66. The van der Waals surface area contributed by atoms with E-state index in [2.05, 4.69) is 15.0 Å². The minimum absolute atomic E-state index is 0.557. The van der Waals surface area contributed by atoms with Crippen molar-refractivity contribution in [2.45, 2.75) is 0 Å². The Morgan fingerprint density at radius 2 is 1.95 bits per heavy atom. The summed E-state index contributed by atoms with van der Waals surface area (Å²) in [7, 11) is 3.25. The van der Waals surface area contributed by atoms with Crippen molar-refractivity contribution in [1.29, 1.82) is 0 Å². The molecule has 0 aliphatic heterocycles. The maximum Gasteiger partial charge on any atom is 0.227 e. The van der Waals surface area contributed by atoms with Crippen LogP contribution in [0.15, 0.2) is 47.5 Å². The molecule has 21 heavy (non-hydrogen) atoms.